The molecule has 18 heavy (non-hydrogen) atoms. The first-order chi connectivity index (χ1) is 8.35. The number of halogens is 4. The van der Waals surface area contributed by atoms with Gasteiger partial charge < -0.3 is 15.5 Å². The molecule has 0 bridgehead atoms. The summed E-state index contributed by atoms with van der Waals surface area (Å²) in [5.41, 5.74) is -0.310. The smallest absolute Gasteiger partial charge is 0.282 e. The molecule has 0 amide bonds. The first kappa shape index (κ1) is 14.9. The van der Waals surface area contributed by atoms with Gasteiger partial charge in [-0.25, -0.2) is 17.6 Å². The Kier molecular flexibility index (Phi) is 5.06. The van der Waals surface area contributed by atoms with E-state index in [0.717, 1.165) is 18.2 Å². The third kappa shape index (κ3) is 4.25. The van der Waals surface area contributed by atoms with E-state index in [-0.39, 0.29) is 12.1 Å². The first-order valence-electron chi connectivity index (χ1n) is 5.18. The molecule has 0 aliphatic rings. The van der Waals surface area contributed by atoms with Crippen LogP contribution in [0.15, 0.2) is 18.2 Å². The summed E-state index contributed by atoms with van der Waals surface area (Å²) in [6.07, 6.45) is -1.45. The summed E-state index contributed by atoms with van der Waals surface area (Å²) in [7, 11) is 0. The Morgan fingerprint density at radius 1 is 1.28 bits per heavy atom. The van der Waals surface area contributed by atoms with Crippen LogP contribution in [0, 0.1) is 11.6 Å². The molecule has 7 heteroatoms. The zero-order chi connectivity index (χ0) is 13.8. The van der Waals surface area contributed by atoms with E-state index in [2.05, 4.69) is 5.32 Å². The number of nitrogens with one attached hydrogen (secondary N) is 1. The van der Waals surface area contributed by atoms with E-state index in [1.807, 2.05) is 0 Å². The van der Waals surface area contributed by atoms with E-state index in [1.54, 1.807) is 0 Å². The van der Waals surface area contributed by atoms with E-state index in [4.69, 9.17) is 5.11 Å². The summed E-state index contributed by atoms with van der Waals surface area (Å²) in [5, 5.41) is 20.0. The lowest BCUT2D eigenvalue weighted by Crippen LogP contribution is -2.37. The summed E-state index contributed by atoms with van der Waals surface area (Å²) in [5.74, 6) is -4.87. The Hall–Kier alpha value is -1.18. The highest BCUT2D eigenvalue weighted by molar-refractivity contribution is 5.21. The van der Waals surface area contributed by atoms with Crippen molar-refractivity contribution in [1.82, 2.24) is 5.32 Å². The van der Waals surface area contributed by atoms with Gasteiger partial charge in [-0.05, 0) is 18.2 Å². The zero-order valence-electron chi connectivity index (χ0n) is 9.34. The second kappa shape index (κ2) is 6.12. The topological polar surface area (TPSA) is 52.5 Å². The normalized spacial score (nSPS) is 13.7. The maximum atomic E-state index is 13.2. The van der Waals surface area contributed by atoms with Crippen LogP contribution in [-0.4, -0.2) is 35.8 Å². The molecular formula is C11H13F4NO2. The van der Waals surface area contributed by atoms with Crippen molar-refractivity contribution in [3.05, 3.63) is 35.4 Å². The van der Waals surface area contributed by atoms with Crippen molar-refractivity contribution in [2.45, 2.75) is 12.0 Å². The molecule has 0 aromatic heterocycles. The number of benzene rings is 1. The van der Waals surface area contributed by atoms with E-state index in [1.165, 1.54) is 0 Å². The minimum absolute atomic E-state index is 0.310. The van der Waals surface area contributed by atoms with Gasteiger partial charge in [-0.1, -0.05) is 0 Å². The van der Waals surface area contributed by atoms with Crippen LogP contribution in [0.5, 0.6) is 0 Å². The van der Waals surface area contributed by atoms with Crippen molar-refractivity contribution in [1.29, 1.82) is 0 Å². The summed E-state index contributed by atoms with van der Waals surface area (Å²) >= 11 is 0. The lowest BCUT2D eigenvalue weighted by molar-refractivity contribution is -0.0489. The predicted molar refractivity (Wildman–Crippen MR) is 56.2 cm³/mol. The van der Waals surface area contributed by atoms with Gasteiger partial charge in [0.15, 0.2) is 0 Å². The van der Waals surface area contributed by atoms with Crippen molar-refractivity contribution in [2.75, 3.05) is 19.7 Å². The van der Waals surface area contributed by atoms with E-state index < -0.39 is 36.8 Å². The minimum atomic E-state index is -3.32. The average Bonchev–Trinajstić information content (AvgIpc) is 2.32. The number of hydrogen-bond acceptors (Lipinski definition) is 3. The zero-order valence-corrected chi connectivity index (χ0v) is 9.34. The van der Waals surface area contributed by atoms with Gasteiger partial charge in [0.2, 0.25) is 0 Å². The molecule has 1 aromatic rings. The minimum Gasteiger partial charge on any atom is -0.390 e. The highest BCUT2D eigenvalue weighted by Gasteiger charge is 2.27. The van der Waals surface area contributed by atoms with Crippen LogP contribution >= 0.6 is 0 Å². The average molecular weight is 267 g/mol. The molecule has 0 aliphatic carbocycles. The van der Waals surface area contributed by atoms with Crippen LogP contribution in [0.2, 0.25) is 0 Å². The van der Waals surface area contributed by atoms with E-state index in [9.17, 15) is 22.7 Å². The third-order valence-electron chi connectivity index (χ3n) is 2.27. The van der Waals surface area contributed by atoms with Gasteiger partial charge >= 0.3 is 0 Å². The molecule has 0 saturated carbocycles. The molecule has 3 N–H and O–H groups in total. The molecule has 1 aromatic carbocycles. The largest absolute Gasteiger partial charge is 0.390 e. The van der Waals surface area contributed by atoms with Crippen molar-refractivity contribution >= 4 is 0 Å². The van der Waals surface area contributed by atoms with Gasteiger partial charge in [-0.2, -0.15) is 0 Å². The van der Waals surface area contributed by atoms with E-state index >= 15 is 0 Å². The van der Waals surface area contributed by atoms with Gasteiger partial charge in [0, 0.05) is 12.1 Å². The van der Waals surface area contributed by atoms with Crippen LogP contribution < -0.4 is 5.32 Å². The van der Waals surface area contributed by atoms with Crippen LogP contribution in [0.3, 0.4) is 0 Å². The van der Waals surface area contributed by atoms with Crippen molar-refractivity contribution in [2.24, 2.45) is 0 Å². The van der Waals surface area contributed by atoms with Crippen LogP contribution in [-0.2, 0) is 0 Å². The number of aliphatic hydroxyl groups is 2. The van der Waals surface area contributed by atoms with Gasteiger partial charge in [0.1, 0.15) is 18.2 Å². The van der Waals surface area contributed by atoms with Gasteiger partial charge in [0.25, 0.3) is 5.92 Å². The lowest BCUT2D eigenvalue weighted by atomic mass is 10.1. The maximum Gasteiger partial charge on any atom is 0.282 e. The summed E-state index contributed by atoms with van der Waals surface area (Å²) in [4.78, 5) is 0. The second-order valence-corrected chi connectivity index (χ2v) is 3.83. The number of aliphatic hydroxyl groups excluding tert-OH is 2. The highest BCUT2D eigenvalue weighted by atomic mass is 19.3. The molecule has 1 rings (SSSR count). The van der Waals surface area contributed by atoms with Crippen molar-refractivity contribution < 1.29 is 27.8 Å². The Balaban J connectivity index is 2.55. The second-order valence-electron chi connectivity index (χ2n) is 3.83. The molecule has 0 fully saturated rings. The Bertz CT molecular complexity index is 401. The third-order valence-corrected chi connectivity index (χ3v) is 2.27. The monoisotopic (exact) mass is 267 g/mol. The van der Waals surface area contributed by atoms with Gasteiger partial charge in [-0.3, -0.25) is 0 Å². The SMILES string of the molecule is OCC(F)(F)CNCC(O)c1cc(F)ccc1F. The number of rotatable bonds is 6. The Labute approximate surface area is 101 Å². The number of alkyl halides is 2. The first-order valence-corrected chi connectivity index (χ1v) is 5.18. The molecule has 0 heterocycles. The lowest BCUT2D eigenvalue weighted by Gasteiger charge is -2.17. The Morgan fingerprint density at radius 2 is 1.94 bits per heavy atom. The molecule has 0 saturated heterocycles. The fraction of sp³-hybridized carbons (Fsp3) is 0.455. The van der Waals surface area contributed by atoms with Crippen LogP contribution in [0.1, 0.15) is 11.7 Å². The van der Waals surface area contributed by atoms with Crippen molar-refractivity contribution in [3.8, 4) is 0 Å². The summed E-state index contributed by atoms with van der Waals surface area (Å²) < 4.78 is 51.3. The molecule has 1 atom stereocenters. The number of hydrogen-bond donors (Lipinski definition) is 3. The molecule has 102 valence electrons. The van der Waals surface area contributed by atoms with Crippen LogP contribution in [0.4, 0.5) is 17.6 Å². The van der Waals surface area contributed by atoms with Crippen LogP contribution in [0.25, 0.3) is 0 Å². The van der Waals surface area contributed by atoms with Gasteiger partial charge in [0.05, 0.1) is 12.6 Å². The standard InChI is InChI=1S/C11H13F4NO2/c12-7-1-2-9(13)8(3-7)10(18)4-16-5-11(14,15)6-17/h1-3,10,16-18H,4-6H2. The fourth-order valence-corrected chi connectivity index (χ4v) is 1.33. The molecule has 1 unspecified atom stereocenters. The summed E-state index contributed by atoms with van der Waals surface area (Å²) in [6.45, 7) is -2.57. The Morgan fingerprint density at radius 3 is 2.56 bits per heavy atom. The molecule has 0 aliphatic heterocycles. The molecule has 3 nitrogen and oxygen atoms in total. The molecular weight excluding hydrogens is 254 g/mol. The molecule has 0 radical (unpaired) electrons. The predicted octanol–water partition coefficient (Wildman–Crippen LogP) is 1.22. The van der Waals surface area contributed by atoms with E-state index in [0.29, 0.717) is 0 Å². The van der Waals surface area contributed by atoms with Crippen molar-refractivity contribution in [3.63, 3.8) is 0 Å². The maximum absolute atomic E-state index is 13.2. The fourth-order valence-electron chi connectivity index (χ4n) is 1.33. The quantitative estimate of drug-likeness (QED) is 0.679. The summed E-state index contributed by atoms with van der Waals surface area (Å²) in [6, 6.07) is 2.53. The van der Waals surface area contributed by atoms with Gasteiger partial charge in [-0.15, -0.1) is 0 Å². The molecule has 0 spiro atoms. The highest BCUT2D eigenvalue weighted by Crippen LogP contribution is 2.18.